The van der Waals surface area contributed by atoms with Gasteiger partial charge in [-0.2, -0.15) is 0 Å². The molecule has 128 valence electrons. The standard InChI is InChI=1S/C20H24N2O.ClH/c1-12(14-7-6-13-4-2-3-5-15(13)10-14)22-20(23)18-16-8-9-17(11-16)19(18)21;/h2-7,10,12,16-19H,8-9,11,21H2,1H3,(H,22,23);1H. The Balaban J connectivity index is 0.00000169. The Morgan fingerprint density at radius 1 is 1.12 bits per heavy atom. The van der Waals surface area contributed by atoms with Crippen LogP contribution < -0.4 is 11.1 Å². The molecule has 3 N–H and O–H groups in total. The molecule has 24 heavy (non-hydrogen) atoms. The molecular weight excluding hydrogens is 320 g/mol. The third-order valence-corrected chi connectivity index (χ3v) is 5.92. The maximum atomic E-state index is 12.7. The van der Waals surface area contributed by atoms with Crippen molar-refractivity contribution in [3.63, 3.8) is 0 Å². The van der Waals surface area contributed by atoms with Crippen LogP contribution in [0.2, 0.25) is 0 Å². The second-order valence-corrected chi connectivity index (χ2v) is 7.27. The van der Waals surface area contributed by atoms with Gasteiger partial charge in [-0.05, 0) is 60.4 Å². The molecule has 4 heteroatoms. The zero-order valence-corrected chi connectivity index (χ0v) is 14.8. The first-order valence-corrected chi connectivity index (χ1v) is 8.68. The Morgan fingerprint density at radius 3 is 2.54 bits per heavy atom. The molecule has 1 amide bonds. The number of hydrogen-bond donors (Lipinski definition) is 2. The van der Waals surface area contributed by atoms with Gasteiger partial charge < -0.3 is 11.1 Å². The molecule has 2 fully saturated rings. The van der Waals surface area contributed by atoms with E-state index >= 15 is 0 Å². The van der Waals surface area contributed by atoms with Crippen LogP contribution in [0.5, 0.6) is 0 Å². The second-order valence-electron chi connectivity index (χ2n) is 7.27. The predicted molar refractivity (Wildman–Crippen MR) is 100 cm³/mol. The summed E-state index contributed by atoms with van der Waals surface area (Å²) >= 11 is 0. The minimum atomic E-state index is 0. The Kier molecular flexibility index (Phi) is 4.84. The summed E-state index contributed by atoms with van der Waals surface area (Å²) in [6, 6.07) is 14.8. The molecule has 0 saturated heterocycles. The highest BCUT2D eigenvalue weighted by Crippen LogP contribution is 2.47. The molecule has 0 aliphatic heterocycles. The molecule has 2 bridgehead atoms. The summed E-state index contributed by atoms with van der Waals surface area (Å²) in [6.07, 6.45) is 3.51. The first kappa shape index (κ1) is 17.2. The predicted octanol–water partition coefficient (Wildman–Crippen LogP) is 3.81. The van der Waals surface area contributed by atoms with E-state index in [0.717, 1.165) is 12.0 Å². The van der Waals surface area contributed by atoms with E-state index in [9.17, 15) is 4.79 Å². The van der Waals surface area contributed by atoms with E-state index < -0.39 is 0 Å². The van der Waals surface area contributed by atoms with E-state index in [4.69, 9.17) is 5.73 Å². The van der Waals surface area contributed by atoms with E-state index in [1.54, 1.807) is 0 Å². The van der Waals surface area contributed by atoms with E-state index in [0.29, 0.717) is 11.8 Å². The quantitative estimate of drug-likeness (QED) is 0.889. The van der Waals surface area contributed by atoms with Crippen molar-refractivity contribution in [1.29, 1.82) is 0 Å². The second kappa shape index (κ2) is 6.73. The number of rotatable bonds is 3. The topological polar surface area (TPSA) is 55.1 Å². The van der Waals surface area contributed by atoms with Gasteiger partial charge in [0.2, 0.25) is 5.91 Å². The fourth-order valence-electron chi connectivity index (χ4n) is 4.59. The van der Waals surface area contributed by atoms with Gasteiger partial charge in [-0.15, -0.1) is 12.4 Å². The largest absolute Gasteiger partial charge is 0.349 e. The molecule has 2 aliphatic rings. The number of nitrogens with two attached hydrogens (primary N) is 1. The molecule has 0 radical (unpaired) electrons. The van der Waals surface area contributed by atoms with Gasteiger partial charge in [0, 0.05) is 6.04 Å². The molecule has 0 aromatic heterocycles. The van der Waals surface area contributed by atoms with Crippen molar-refractivity contribution >= 4 is 29.1 Å². The molecule has 2 aromatic carbocycles. The van der Waals surface area contributed by atoms with E-state index in [2.05, 4.69) is 42.6 Å². The smallest absolute Gasteiger partial charge is 0.225 e. The van der Waals surface area contributed by atoms with Crippen molar-refractivity contribution < 1.29 is 4.79 Å². The summed E-state index contributed by atoms with van der Waals surface area (Å²) in [5.74, 6) is 1.22. The average Bonchev–Trinajstić information content (AvgIpc) is 3.15. The lowest BCUT2D eigenvalue weighted by Crippen LogP contribution is -2.45. The van der Waals surface area contributed by atoms with Crippen molar-refractivity contribution in [3.05, 3.63) is 48.0 Å². The highest BCUT2D eigenvalue weighted by atomic mass is 35.5. The normalized spacial score (nSPS) is 29.2. The molecular formula is C20H25ClN2O. The number of hydrogen-bond acceptors (Lipinski definition) is 2. The van der Waals surface area contributed by atoms with Crippen LogP contribution in [0.4, 0.5) is 0 Å². The minimum Gasteiger partial charge on any atom is -0.349 e. The SMILES string of the molecule is CC(NC(=O)C1C2CCC(C2)C1N)c1ccc2ccccc2c1.Cl. The van der Waals surface area contributed by atoms with Crippen molar-refractivity contribution in [1.82, 2.24) is 5.32 Å². The first-order chi connectivity index (χ1) is 11.1. The lowest BCUT2D eigenvalue weighted by atomic mass is 9.84. The fraction of sp³-hybridized carbons (Fsp3) is 0.450. The van der Waals surface area contributed by atoms with Crippen LogP contribution in [-0.2, 0) is 4.79 Å². The third kappa shape index (κ3) is 2.91. The van der Waals surface area contributed by atoms with Crippen molar-refractivity contribution in [3.8, 4) is 0 Å². The van der Waals surface area contributed by atoms with Gasteiger partial charge in [0.1, 0.15) is 0 Å². The molecule has 2 aromatic rings. The number of carbonyl (C=O) groups excluding carboxylic acids is 1. The lowest BCUT2D eigenvalue weighted by molar-refractivity contribution is -0.127. The Hall–Kier alpha value is -1.58. The van der Waals surface area contributed by atoms with Gasteiger partial charge in [0.15, 0.2) is 0 Å². The molecule has 0 heterocycles. The van der Waals surface area contributed by atoms with Gasteiger partial charge in [-0.25, -0.2) is 0 Å². The molecule has 0 spiro atoms. The van der Waals surface area contributed by atoms with Gasteiger partial charge in [-0.1, -0.05) is 36.4 Å². The van der Waals surface area contributed by atoms with Crippen LogP contribution in [0, 0.1) is 17.8 Å². The number of halogens is 1. The monoisotopic (exact) mass is 344 g/mol. The average molecular weight is 345 g/mol. The first-order valence-electron chi connectivity index (χ1n) is 8.68. The summed E-state index contributed by atoms with van der Waals surface area (Å²) < 4.78 is 0. The van der Waals surface area contributed by atoms with Crippen LogP contribution in [-0.4, -0.2) is 11.9 Å². The third-order valence-electron chi connectivity index (χ3n) is 5.92. The van der Waals surface area contributed by atoms with Crippen molar-refractivity contribution in [2.24, 2.45) is 23.5 Å². The summed E-state index contributed by atoms with van der Waals surface area (Å²) in [5, 5.41) is 5.64. The number of carbonyl (C=O) groups is 1. The molecule has 2 aliphatic carbocycles. The summed E-state index contributed by atoms with van der Waals surface area (Å²) in [4.78, 5) is 12.7. The maximum absolute atomic E-state index is 12.7. The summed E-state index contributed by atoms with van der Waals surface area (Å²) in [7, 11) is 0. The number of fused-ring (bicyclic) bond motifs is 3. The zero-order valence-electron chi connectivity index (χ0n) is 13.9. The highest BCUT2D eigenvalue weighted by Gasteiger charge is 2.49. The van der Waals surface area contributed by atoms with Crippen LogP contribution in [0.25, 0.3) is 10.8 Å². The molecule has 4 rings (SSSR count). The fourth-order valence-corrected chi connectivity index (χ4v) is 4.59. The number of nitrogens with one attached hydrogen (secondary N) is 1. The van der Waals surface area contributed by atoms with Crippen molar-refractivity contribution in [2.75, 3.05) is 0 Å². The summed E-state index contributed by atoms with van der Waals surface area (Å²) in [5.41, 5.74) is 7.44. The van der Waals surface area contributed by atoms with Gasteiger partial charge in [-0.3, -0.25) is 4.79 Å². The molecule has 2 saturated carbocycles. The molecule has 3 nitrogen and oxygen atoms in total. The Bertz CT molecular complexity index is 745. The number of benzene rings is 2. The minimum absolute atomic E-state index is 0. The van der Waals surface area contributed by atoms with Gasteiger partial charge in [0.25, 0.3) is 0 Å². The zero-order chi connectivity index (χ0) is 16.0. The van der Waals surface area contributed by atoms with E-state index in [1.807, 2.05) is 12.1 Å². The Labute approximate surface area is 149 Å². The lowest BCUT2D eigenvalue weighted by Gasteiger charge is -2.28. The maximum Gasteiger partial charge on any atom is 0.225 e. The Morgan fingerprint density at radius 2 is 1.83 bits per heavy atom. The summed E-state index contributed by atoms with van der Waals surface area (Å²) in [6.45, 7) is 2.06. The van der Waals surface area contributed by atoms with E-state index in [1.165, 1.54) is 23.6 Å². The van der Waals surface area contributed by atoms with Crippen LogP contribution in [0.1, 0.15) is 37.8 Å². The molecule has 5 atom stereocenters. The highest BCUT2D eigenvalue weighted by molar-refractivity contribution is 5.85. The molecule has 5 unspecified atom stereocenters. The van der Waals surface area contributed by atoms with Gasteiger partial charge >= 0.3 is 0 Å². The van der Waals surface area contributed by atoms with E-state index in [-0.39, 0.29) is 36.3 Å². The van der Waals surface area contributed by atoms with Crippen molar-refractivity contribution in [2.45, 2.75) is 38.3 Å². The number of amides is 1. The van der Waals surface area contributed by atoms with Crippen LogP contribution >= 0.6 is 12.4 Å². The van der Waals surface area contributed by atoms with Crippen LogP contribution in [0.3, 0.4) is 0 Å². The van der Waals surface area contributed by atoms with Crippen LogP contribution in [0.15, 0.2) is 42.5 Å². The van der Waals surface area contributed by atoms with Gasteiger partial charge in [0.05, 0.1) is 12.0 Å².